The van der Waals surface area contributed by atoms with Gasteiger partial charge in [0.05, 0.1) is 0 Å². The third-order valence-electron chi connectivity index (χ3n) is 3.22. The SMILES string of the molecule is CCN(CCNc1cc(C)nc2ncnn12)C(C)C. The van der Waals surface area contributed by atoms with E-state index in [-0.39, 0.29) is 0 Å². The van der Waals surface area contributed by atoms with Crippen molar-refractivity contribution in [3.8, 4) is 0 Å². The van der Waals surface area contributed by atoms with Gasteiger partial charge in [0.1, 0.15) is 12.1 Å². The molecule has 0 fully saturated rings. The van der Waals surface area contributed by atoms with Gasteiger partial charge in [0, 0.05) is 30.9 Å². The second kappa shape index (κ2) is 5.97. The molecule has 104 valence electrons. The summed E-state index contributed by atoms with van der Waals surface area (Å²) in [5, 5.41) is 7.59. The zero-order valence-electron chi connectivity index (χ0n) is 12.1. The Kier molecular flexibility index (Phi) is 4.31. The number of nitrogens with zero attached hydrogens (tertiary/aromatic N) is 5. The molecule has 0 saturated carbocycles. The number of aryl methyl sites for hydroxylation is 1. The maximum Gasteiger partial charge on any atom is 0.254 e. The van der Waals surface area contributed by atoms with E-state index in [0.717, 1.165) is 31.1 Å². The van der Waals surface area contributed by atoms with Crippen LogP contribution in [-0.4, -0.2) is 50.2 Å². The molecule has 0 aliphatic rings. The topological polar surface area (TPSA) is 58.3 Å². The van der Waals surface area contributed by atoms with Crippen LogP contribution in [0.25, 0.3) is 5.78 Å². The van der Waals surface area contributed by atoms with Gasteiger partial charge in [-0.05, 0) is 27.3 Å². The Morgan fingerprint density at radius 2 is 2.21 bits per heavy atom. The Morgan fingerprint density at radius 1 is 1.42 bits per heavy atom. The molecule has 2 heterocycles. The Morgan fingerprint density at radius 3 is 2.89 bits per heavy atom. The van der Waals surface area contributed by atoms with Crippen molar-refractivity contribution in [1.82, 2.24) is 24.5 Å². The number of fused-ring (bicyclic) bond motifs is 1. The summed E-state index contributed by atoms with van der Waals surface area (Å²) in [6.45, 7) is 11.5. The van der Waals surface area contributed by atoms with Crippen molar-refractivity contribution >= 4 is 11.6 Å². The van der Waals surface area contributed by atoms with Gasteiger partial charge >= 0.3 is 0 Å². The molecule has 0 unspecified atom stereocenters. The van der Waals surface area contributed by atoms with Crippen molar-refractivity contribution in [1.29, 1.82) is 0 Å². The monoisotopic (exact) mass is 262 g/mol. The summed E-state index contributed by atoms with van der Waals surface area (Å²) in [6, 6.07) is 2.56. The molecule has 2 rings (SSSR count). The first-order chi connectivity index (χ1) is 9.11. The van der Waals surface area contributed by atoms with Crippen LogP contribution in [0.3, 0.4) is 0 Å². The molecule has 0 saturated heterocycles. The lowest BCUT2D eigenvalue weighted by Gasteiger charge is -2.24. The molecule has 6 nitrogen and oxygen atoms in total. The second-order valence-corrected chi connectivity index (χ2v) is 4.90. The molecule has 6 heteroatoms. The average Bonchev–Trinajstić information content (AvgIpc) is 2.81. The lowest BCUT2D eigenvalue weighted by atomic mass is 10.3. The number of hydrogen-bond acceptors (Lipinski definition) is 5. The highest BCUT2D eigenvalue weighted by Crippen LogP contribution is 2.09. The zero-order valence-corrected chi connectivity index (χ0v) is 12.1. The lowest BCUT2D eigenvalue weighted by Crippen LogP contribution is -2.34. The fraction of sp³-hybridized carbons (Fsp3) is 0.615. The van der Waals surface area contributed by atoms with Crippen LogP contribution in [0.5, 0.6) is 0 Å². The van der Waals surface area contributed by atoms with Crippen LogP contribution in [0, 0.1) is 6.92 Å². The predicted molar refractivity (Wildman–Crippen MR) is 76.4 cm³/mol. The van der Waals surface area contributed by atoms with Gasteiger partial charge in [-0.15, -0.1) is 0 Å². The van der Waals surface area contributed by atoms with Gasteiger partial charge in [-0.2, -0.15) is 14.6 Å². The lowest BCUT2D eigenvalue weighted by molar-refractivity contribution is 0.243. The normalized spacial score (nSPS) is 11.7. The van der Waals surface area contributed by atoms with E-state index in [1.807, 2.05) is 13.0 Å². The quantitative estimate of drug-likeness (QED) is 0.856. The Balaban J connectivity index is 2.03. The van der Waals surface area contributed by atoms with Crippen molar-refractivity contribution in [2.75, 3.05) is 25.0 Å². The van der Waals surface area contributed by atoms with E-state index < -0.39 is 0 Å². The van der Waals surface area contributed by atoms with E-state index in [2.05, 4.69) is 46.1 Å². The van der Waals surface area contributed by atoms with Gasteiger partial charge in [-0.1, -0.05) is 6.92 Å². The van der Waals surface area contributed by atoms with Crippen LogP contribution in [0.1, 0.15) is 26.5 Å². The summed E-state index contributed by atoms with van der Waals surface area (Å²) in [5.41, 5.74) is 0.944. The average molecular weight is 262 g/mol. The predicted octanol–water partition coefficient (Wildman–Crippen LogP) is 1.57. The van der Waals surface area contributed by atoms with Crippen molar-refractivity contribution in [2.45, 2.75) is 33.7 Å². The standard InChI is InChI=1S/C13H22N6/c1-5-18(10(2)3)7-6-14-12-8-11(4)17-13-15-9-16-19(12)13/h8-10,14H,5-7H2,1-4H3. The summed E-state index contributed by atoms with van der Waals surface area (Å²) in [4.78, 5) is 10.9. The molecular weight excluding hydrogens is 240 g/mol. The highest BCUT2D eigenvalue weighted by molar-refractivity contribution is 5.44. The maximum absolute atomic E-state index is 4.32. The van der Waals surface area contributed by atoms with Crippen LogP contribution < -0.4 is 5.32 Å². The van der Waals surface area contributed by atoms with Gasteiger partial charge in [-0.25, -0.2) is 4.98 Å². The number of hydrogen-bond donors (Lipinski definition) is 1. The number of rotatable bonds is 6. The number of nitrogens with one attached hydrogen (secondary N) is 1. The van der Waals surface area contributed by atoms with Gasteiger partial charge in [-0.3, -0.25) is 4.90 Å². The first kappa shape index (κ1) is 13.7. The minimum absolute atomic E-state index is 0.567. The fourth-order valence-electron chi connectivity index (χ4n) is 2.17. The molecule has 0 radical (unpaired) electrons. The molecule has 2 aromatic rings. The largest absolute Gasteiger partial charge is 0.369 e. The molecule has 0 aliphatic heterocycles. The van der Waals surface area contributed by atoms with Crippen LogP contribution in [0.4, 0.5) is 5.82 Å². The highest BCUT2D eigenvalue weighted by atomic mass is 15.4. The smallest absolute Gasteiger partial charge is 0.254 e. The van der Waals surface area contributed by atoms with Gasteiger partial charge in [0.25, 0.3) is 5.78 Å². The van der Waals surface area contributed by atoms with E-state index in [4.69, 9.17) is 0 Å². The minimum atomic E-state index is 0.567. The molecule has 0 bridgehead atoms. The summed E-state index contributed by atoms with van der Waals surface area (Å²) < 4.78 is 1.73. The third-order valence-corrected chi connectivity index (χ3v) is 3.22. The maximum atomic E-state index is 4.32. The zero-order chi connectivity index (χ0) is 13.8. The highest BCUT2D eigenvalue weighted by Gasteiger charge is 2.08. The molecule has 0 aliphatic carbocycles. The summed E-state index contributed by atoms with van der Waals surface area (Å²) >= 11 is 0. The van der Waals surface area contributed by atoms with E-state index in [0.29, 0.717) is 11.8 Å². The molecule has 1 N–H and O–H groups in total. The van der Waals surface area contributed by atoms with E-state index in [1.165, 1.54) is 6.33 Å². The van der Waals surface area contributed by atoms with Crippen molar-refractivity contribution in [2.24, 2.45) is 0 Å². The van der Waals surface area contributed by atoms with E-state index in [9.17, 15) is 0 Å². The Hall–Kier alpha value is -1.69. The summed E-state index contributed by atoms with van der Waals surface area (Å²) in [6.07, 6.45) is 1.53. The Bertz CT molecular complexity index is 533. The first-order valence-electron chi connectivity index (χ1n) is 6.77. The minimum Gasteiger partial charge on any atom is -0.369 e. The molecule has 0 spiro atoms. The fourth-order valence-corrected chi connectivity index (χ4v) is 2.17. The van der Waals surface area contributed by atoms with E-state index in [1.54, 1.807) is 4.52 Å². The molecule has 0 amide bonds. The molecule has 0 atom stereocenters. The summed E-state index contributed by atoms with van der Waals surface area (Å²) in [7, 11) is 0. The second-order valence-electron chi connectivity index (χ2n) is 4.90. The molecule has 19 heavy (non-hydrogen) atoms. The molecular formula is C13H22N6. The first-order valence-corrected chi connectivity index (χ1v) is 6.77. The van der Waals surface area contributed by atoms with Crippen LogP contribution >= 0.6 is 0 Å². The van der Waals surface area contributed by atoms with Crippen molar-refractivity contribution in [3.05, 3.63) is 18.1 Å². The van der Waals surface area contributed by atoms with Crippen LogP contribution in [0.15, 0.2) is 12.4 Å². The number of aromatic nitrogens is 4. The van der Waals surface area contributed by atoms with Crippen molar-refractivity contribution in [3.63, 3.8) is 0 Å². The van der Waals surface area contributed by atoms with Crippen LogP contribution in [-0.2, 0) is 0 Å². The van der Waals surface area contributed by atoms with Gasteiger partial charge < -0.3 is 5.32 Å². The molecule has 0 aromatic carbocycles. The Labute approximate surface area is 113 Å². The number of anilines is 1. The van der Waals surface area contributed by atoms with Crippen LogP contribution in [0.2, 0.25) is 0 Å². The van der Waals surface area contributed by atoms with Gasteiger partial charge in [0.15, 0.2) is 0 Å². The number of likely N-dealkylation sites (N-methyl/N-ethyl adjacent to an activating group) is 1. The third kappa shape index (κ3) is 3.20. The van der Waals surface area contributed by atoms with Crippen molar-refractivity contribution < 1.29 is 0 Å². The van der Waals surface area contributed by atoms with E-state index >= 15 is 0 Å². The molecule has 2 aromatic heterocycles. The summed E-state index contributed by atoms with van der Waals surface area (Å²) in [5.74, 6) is 1.58. The van der Waals surface area contributed by atoms with Gasteiger partial charge in [0.2, 0.25) is 0 Å².